The molecule has 5 aromatic carbocycles. The van der Waals surface area contributed by atoms with Crippen LogP contribution < -0.4 is 0 Å². The highest BCUT2D eigenvalue weighted by atomic mass is 16.3. The predicted octanol–water partition coefficient (Wildman–Crippen LogP) is 8.89. The Labute approximate surface area is 203 Å². The summed E-state index contributed by atoms with van der Waals surface area (Å²) in [6, 6.07) is 25.4. The van der Waals surface area contributed by atoms with Gasteiger partial charge in [0.2, 0.25) is 0 Å². The molecular weight excluding hydrogens is 444 g/mol. The summed E-state index contributed by atoms with van der Waals surface area (Å²) in [5.41, 5.74) is 3.51. The monoisotopic (exact) mass is 460 g/mol. The van der Waals surface area contributed by atoms with Crippen LogP contribution in [0.25, 0.3) is 87.0 Å². The van der Waals surface area contributed by atoms with Crippen molar-refractivity contribution in [1.82, 2.24) is 9.97 Å². The average molecular weight is 460 g/mol. The van der Waals surface area contributed by atoms with Crippen molar-refractivity contribution in [2.45, 2.75) is 0 Å². The van der Waals surface area contributed by atoms with Crippen LogP contribution in [0, 0.1) is 0 Å². The Kier molecular flexibility index (Phi) is 3.25. The van der Waals surface area contributed by atoms with Crippen molar-refractivity contribution >= 4 is 87.0 Å². The second-order valence-corrected chi connectivity index (χ2v) is 9.39. The van der Waals surface area contributed by atoms with Crippen molar-refractivity contribution in [3.8, 4) is 0 Å². The topological polar surface area (TPSA) is 52.1 Å². The van der Waals surface area contributed by atoms with Gasteiger partial charge in [-0.05, 0) is 47.2 Å². The molecule has 4 aromatic heterocycles. The molecule has 4 heterocycles. The first kappa shape index (κ1) is 18.4. The molecule has 0 aliphatic carbocycles. The molecule has 4 heteroatoms. The number of nitrogens with zero attached hydrogens (tertiary/aromatic N) is 2. The molecule has 0 fully saturated rings. The zero-order chi connectivity index (χ0) is 23.4. The number of pyridine rings is 2. The average Bonchev–Trinajstić information content (AvgIpc) is 2.94. The molecule has 9 aromatic rings. The van der Waals surface area contributed by atoms with Gasteiger partial charge in [0.25, 0.3) is 0 Å². The molecule has 36 heavy (non-hydrogen) atoms. The SMILES string of the molecule is c1cc2oc3c4ccncc4ccc3c3c4cccc5oc6c7ccncc7ccc6c(c(c1)c23)c54. The van der Waals surface area contributed by atoms with Crippen molar-refractivity contribution in [3.63, 3.8) is 0 Å². The van der Waals surface area contributed by atoms with E-state index in [2.05, 4.69) is 70.6 Å². The summed E-state index contributed by atoms with van der Waals surface area (Å²) < 4.78 is 13.3. The minimum absolute atomic E-state index is 0.876. The minimum atomic E-state index is 0.876. The molecule has 0 saturated heterocycles. The number of hydrogen-bond donors (Lipinski definition) is 0. The van der Waals surface area contributed by atoms with Crippen LogP contribution >= 0.6 is 0 Å². The van der Waals surface area contributed by atoms with Crippen LogP contribution in [0.15, 0.2) is 106 Å². The Bertz CT molecular complexity index is 2210. The molecule has 4 nitrogen and oxygen atoms in total. The first-order valence-corrected chi connectivity index (χ1v) is 12.0. The molecule has 0 amide bonds. The lowest BCUT2D eigenvalue weighted by atomic mass is 9.89. The van der Waals surface area contributed by atoms with Gasteiger partial charge in [-0.25, -0.2) is 0 Å². The van der Waals surface area contributed by atoms with Gasteiger partial charge in [0.15, 0.2) is 0 Å². The third-order valence-electron chi connectivity index (χ3n) is 7.60. The molecule has 0 radical (unpaired) electrons. The van der Waals surface area contributed by atoms with E-state index in [0.717, 1.165) is 65.4 Å². The van der Waals surface area contributed by atoms with Crippen molar-refractivity contribution in [2.75, 3.05) is 0 Å². The van der Waals surface area contributed by atoms with Gasteiger partial charge in [-0.2, -0.15) is 0 Å². The molecule has 0 unspecified atom stereocenters. The van der Waals surface area contributed by atoms with Gasteiger partial charge in [-0.15, -0.1) is 0 Å². The third-order valence-corrected chi connectivity index (χ3v) is 7.60. The molecular formula is C32H16N2O2. The van der Waals surface area contributed by atoms with E-state index in [1.165, 1.54) is 21.5 Å². The zero-order valence-electron chi connectivity index (χ0n) is 18.9. The second-order valence-electron chi connectivity index (χ2n) is 9.39. The van der Waals surface area contributed by atoms with Crippen LogP contribution in [0.4, 0.5) is 0 Å². The standard InChI is InChI=1S/C32H16N2O2/c1-3-21-27-23-9-7-18-16-34-14-12-20(18)32(23)36-26-6-2-4-22(30(26)27)28-24-10-8-17-15-33-13-11-19(17)31(24)35-25(5-1)29(21)28/h1-16H. The normalized spacial score (nSPS) is 12.4. The number of fused-ring (bicyclic) bond motifs is 10. The first-order valence-electron chi connectivity index (χ1n) is 12.0. The molecule has 9 rings (SSSR count). The van der Waals surface area contributed by atoms with Crippen LogP contribution in [0.2, 0.25) is 0 Å². The lowest BCUT2D eigenvalue weighted by Gasteiger charge is -2.17. The van der Waals surface area contributed by atoms with Crippen molar-refractivity contribution < 1.29 is 8.83 Å². The maximum atomic E-state index is 6.65. The molecule has 0 bridgehead atoms. The van der Waals surface area contributed by atoms with E-state index in [1.54, 1.807) is 0 Å². The van der Waals surface area contributed by atoms with Gasteiger partial charge in [0.05, 0.1) is 0 Å². The van der Waals surface area contributed by atoms with E-state index in [-0.39, 0.29) is 0 Å². The van der Waals surface area contributed by atoms with Crippen molar-refractivity contribution in [1.29, 1.82) is 0 Å². The molecule has 0 aliphatic heterocycles. The molecule has 0 atom stereocenters. The third kappa shape index (κ3) is 2.15. The lowest BCUT2D eigenvalue weighted by molar-refractivity contribution is 0.664. The van der Waals surface area contributed by atoms with Gasteiger partial charge in [-0.1, -0.05) is 36.4 Å². The summed E-state index contributed by atoms with van der Waals surface area (Å²) in [6.07, 6.45) is 7.42. The molecule has 0 spiro atoms. The van der Waals surface area contributed by atoms with Crippen LogP contribution in [-0.4, -0.2) is 9.97 Å². The van der Waals surface area contributed by atoms with Crippen LogP contribution in [0.1, 0.15) is 0 Å². The fourth-order valence-electron chi connectivity index (χ4n) is 6.11. The van der Waals surface area contributed by atoms with Crippen LogP contribution in [-0.2, 0) is 0 Å². The Balaban J connectivity index is 1.65. The van der Waals surface area contributed by atoms with Gasteiger partial charge in [0, 0.05) is 78.6 Å². The summed E-state index contributed by atoms with van der Waals surface area (Å²) in [7, 11) is 0. The van der Waals surface area contributed by atoms with E-state index in [1.807, 2.05) is 36.9 Å². The van der Waals surface area contributed by atoms with Gasteiger partial charge >= 0.3 is 0 Å². The lowest BCUT2D eigenvalue weighted by Crippen LogP contribution is -1.91. The Hall–Kier alpha value is -4.96. The Morgan fingerprint density at radius 2 is 0.917 bits per heavy atom. The van der Waals surface area contributed by atoms with Gasteiger partial charge < -0.3 is 8.83 Å². The summed E-state index contributed by atoms with van der Waals surface area (Å²) in [4.78, 5) is 8.61. The summed E-state index contributed by atoms with van der Waals surface area (Å²) in [5.74, 6) is 0. The van der Waals surface area contributed by atoms with E-state index >= 15 is 0 Å². The Morgan fingerprint density at radius 1 is 0.417 bits per heavy atom. The van der Waals surface area contributed by atoms with E-state index in [9.17, 15) is 0 Å². The maximum Gasteiger partial charge on any atom is 0.143 e. The molecule has 166 valence electrons. The van der Waals surface area contributed by atoms with Crippen molar-refractivity contribution in [2.24, 2.45) is 0 Å². The Morgan fingerprint density at radius 3 is 1.42 bits per heavy atom. The highest BCUT2D eigenvalue weighted by molar-refractivity contribution is 6.40. The van der Waals surface area contributed by atoms with Crippen molar-refractivity contribution in [3.05, 3.63) is 97.6 Å². The van der Waals surface area contributed by atoms with Crippen LogP contribution in [0.5, 0.6) is 0 Å². The quantitative estimate of drug-likeness (QED) is 0.167. The first-order chi connectivity index (χ1) is 17.9. The predicted molar refractivity (Wildman–Crippen MR) is 147 cm³/mol. The summed E-state index contributed by atoms with van der Waals surface area (Å²) in [6.45, 7) is 0. The highest BCUT2D eigenvalue weighted by Gasteiger charge is 2.21. The largest absolute Gasteiger partial charge is 0.455 e. The van der Waals surface area contributed by atoms with E-state index in [0.29, 0.717) is 0 Å². The number of aromatic nitrogens is 2. The summed E-state index contributed by atoms with van der Waals surface area (Å²) >= 11 is 0. The van der Waals surface area contributed by atoms with Gasteiger partial charge in [0.1, 0.15) is 22.3 Å². The maximum absolute atomic E-state index is 6.65. The second kappa shape index (κ2) is 6.37. The fraction of sp³-hybridized carbons (Fsp3) is 0. The number of rotatable bonds is 0. The molecule has 0 N–H and O–H groups in total. The molecule has 0 aliphatic rings. The minimum Gasteiger partial charge on any atom is -0.455 e. The fourth-order valence-corrected chi connectivity index (χ4v) is 6.11. The van der Waals surface area contributed by atoms with Gasteiger partial charge in [-0.3, -0.25) is 9.97 Å². The summed E-state index contributed by atoms with van der Waals surface area (Å²) in [5, 5.41) is 13.4. The zero-order valence-corrected chi connectivity index (χ0v) is 18.9. The number of benzene rings is 5. The van der Waals surface area contributed by atoms with Crippen LogP contribution in [0.3, 0.4) is 0 Å². The highest BCUT2D eigenvalue weighted by Crippen LogP contribution is 2.47. The molecule has 0 saturated carbocycles. The number of hydrogen-bond acceptors (Lipinski definition) is 4. The van der Waals surface area contributed by atoms with E-state index in [4.69, 9.17) is 8.83 Å². The van der Waals surface area contributed by atoms with E-state index < -0.39 is 0 Å². The smallest absolute Gasteiger partial charge is 0.143 e.